The first kappa shape index (κ1) is 19.8. The molecular weight excluding hydrogens is 396 g/mol. The third kappa shape index (κ3) is 4.28. The number of hydrogen-bond donors (Lipinski definition) is 0. The highest BCUT2D eigenvalue weighted by Crippen LogP contribution is 2.30. The van der Waals surface area contributed by atoms with Crippen molar-refractivity contribution in [2.75, 3.05) is 36.0 Å². The molecule has 152 valence electrons. The number of halogens is 2. The summed E-state index contributed by atoms with van der Waals surface area (Å²) in [5, 5.41) is 0. The van der Waals surface area contributed by atoms with E-state index in [1.54, 1.807) is 12.1 Å². The van der Waals surface area contributed by atoms with Crippen LogP contribution in [0.5, 0.6) is 0 Å². The van der Waals surface area contributed by atoms with Gasteiger partial charge in [-0.1, -0.05) is 30.0 Å². The van der Waals surface area contributed by atoms with Gasteiger partial charge in [-0.3, -0.25) is 14.5 Å². The second-order valence-electron chi connectivity index (χ2n) is 7.02. The lowest BCUT2D eigenvalue weighted by Gasteiger charge is -2.38. The number of carbonyl (C=O) groups is 2. The van der Waals surface area contributed by atoms with Gasteiger partial charge in [-0.15, -0.1) is 0 Å². The van der Waals surface area contributed by atoms with Gasteiger partial charge in [-0.05, 0) is 36.4 Å². The molecule has 2 saturated heterocycles. The molecule has 8 heteroatoms. The van der Waals surface area contributed by atoms with Crippen LogP contribution in [0.2, 0.25) is 0 Å². The number of nitrogens with zero attached hydrogens (tertiary/aromatic N) is 3. The quantitative estimate of drug-likeness (QED) is 0.551. The van der Waals surface area contributed by atoms with Crippen LogP contribution in [-0.2, 0) is 9.59 Å². The molecule has 0 aliphatic carbocycles. The molecule has 2 aliphatic rings. The van der Waals surface area contributed by atoms with Crippen LogP contribution < -0.4 is 9.80 Å². The Morgan fingerprint density at radius 1 is 0.862 bits per heavy atom. The zero-order valence-corrected chi connectivity index (χ0v) is 16.5. The van der Waals surface area contributed by atoms with Crippen LogP contribution in [0.3, 0.4) is 0 Å². The number of hydrogen-bond acceptors (Lipinski definition) is 5. The lowest BCUT2D eigenvalue weighted by molar-refractivity contribution is -0.123. The minimum absolute atomic E-state index is 0.151. The van der Waals surface area contributed by atoms with E-state index < -0.39 is 11.8 Å². The fourth-order valence-electron chi connectivity index (χ4n) is 3.88. The molecule has 0 bridgehead atoms. The molecule has 0 radical (unpaired) electrons. The van der Waals surface area contributed by atoms with E-state index in [9.17, 15) is 18.4 Å². The Bertz CT molecular complexity index is 871. The van der Waals surface area contributed by atoms with Crippen LogP contribution >= 0.6 is 11.8 Å². The molecule has 2 aromatic carbocycles. The van der Waals surface area contributed by atoms with Crippen molar-refractivity contribution < 1.29 is 18.4 Å². The zero-order valence-electron chi connectivity index (χ0n) is 15.7. The van der Waals surface area contributed by atoms with Crippen molar-refractivity contribution >= 4 is 35.0 Å². The predicted octanol–water partition coefficient (Wildman–Crippen LogP) is 3.46. The second-order valence-corrected chi connectivity index (χ2v) is 8.08. The number of benzene rings is 2. The van der Waals surface area contributed by atoms with Gasteiger partial charge in [-0.2, -0.15) is 8.78 Å². The maximum absolute atomic E-state index is 13.0. The van der Waals surface area contributed by atoms with Crippen molar-refractivity contribution in [1.82, 2.24) is 4.90 Å². The summed E-state index contributed by atoms with van der Waals surface area (Å²) in [5.41, 5.74) is 1.59. The first-order valence-electron chi connectivity index (χ1n) is 9.48. The maximum atomic E-state index is 13.0. The van der Waals surface area contributed by atoms with Crippen LogP contribution in [-0.4, -0.2) is 54.7 Å². The average molecular weight is 417 g/mol. The van der Waals surface area contributed by atoms with Crippen molar-refractivity contribution in [3.63, 3.8) is 0 Å². The van der Waals surface area contributed by atoms with E-state index in [1.807, 2.05) is 18.2 Å². The molecule has 0 aromatic heterocycles. The number of piperazine rings is 1. The van der Waals surface area contributed by atoms with E-state index in [1.165, 1.54) is 17.0 Å². The molecule has 2 fully saturated rings. The van der Waals surface area contributed by atoms with E-state index >= 15 is 0 Å². The minimum atomic E-state index is -2.50. The predicted molar refractivity (Wildman–Crippen MR) is 109 cm³/mol. The molecule has 2 aliphatic heterocycles. The smallest absolute Gasteiger partial charge is 0.288 e. The molecule has 29 heavy (non-hydrogen) atoms. The summed E-state index contributed by atoms with van der Waals surface area (Å²) < 4.78 is 24.9. The van der Waals surface area contributed by atoms with Crippen molar-refractivity contribution in [3.8, 4) is 0 Å². The summed E-state index contributed by atoms with van der Waals surface area (Å²) in [4.78, 5) is 31.4. The van der Waals surface area contributed by atoms with Gasteiger partial charge in [0.25, 0.3) is 11.7 Å². The van der Waals surface area contributed by atoms with Gasteiger partial charge in [0.15, 0.2) is 0 Å². The van der Waals surface area contributed by atoms with Gasteiger partial charge in [0.2, 0.25) is 5.91 Å². The number of anilines is 2. The van der Waals surface area contributed by atoms with Crippen molar-refractivity contribution in [3.05, 3.63) is 54.6 Å². The zero-order chi connectivity index (χ0) is 20.4. The van der Waals surface area contributed by atoms with Gasteiger partial charge in [0.05, 0.1) is 18.2 Å². The standard InChI is InChI=1S/C21H21F2N3O2S/c22-21(23)29-17-8-6-16(7-9-17)26-19(27)14-18(20(26)28)25-12-10-24(11-13-25)15-4-2-1-3-5-15/h1-9,18,21H,10-14H2/t18-/m0/s1. The highest BCUT2D eigenvalue weighted by Gasteiger charge is 2.43. The third-order valence-electron chi connectivity index (χ3n) is 5.32. The fraction of sp³-hybridized carbons (Fsp3) is 0.333. The van der Waals surface area contributed by atoms with Crippen LogP contribution in [0.4, 0.5) is 20.2 Å². The summed E-state index contributed by atoms with van der Waals surface area (Å²) in [6.45, 7) is 3.00. The number of amides is 2. The van der Waals surface area contributed by atoms with E-state index in [-0.39, 0.29) is 18.2 Å². The molecule has 0 spiro atoms. The molecule has 0 N–H and O–H groups in total. The van der Waals surface area contributed by atoms with Gasteiger partial charge in [0.1, 0.15) is 0 Å². The first-order valence-corrected chi connectivity index (χ1v) is 10.4. The average Bonchev–Trinajstić information content (AvgIpc) is 3.03. The number of alkyl halides is 2. The largest absolute Gasteiger partial charge is 0.369 e. The Morgan fingerprint density at radius 3 is 2.14 bits per heavy atom. The second kappa shape index (κ2) is 8.51. The molecule has 2 amide bonds. The van der Waals surface area contributed by atoms with Crippen molar-refractivity contribution in [2.24, 2.45) is 0 Å². The van der Waals surface area contributed by atoms with Gasteiger partial charge in [-0.25, -0.2) is 4.90 Å². The van der Waals surface area contributed by atoms with Gasteiger partial charge in [0, 0.05) is 36.8 Å². The highest BCUT2D eigenvalue weighted by molar-refractivity contribution is 7.99. The lowest BCUT2D eigenvalue weighted by Crippen LogP contribution is -2.52. The molecule has 0 saturated carbocycles. The Labute approximate surface area is 172 Å². The number of thioether (sulfide) groups is 1. The number of rotatable bonds is 5. The Hall–Kier alpha value is -2.45. The lowest BCUT2D eigenvalue weighted by atomic mass is 10.1. The van der Waals surface area contributed by atoms with Gasteiger partial charge >= 0.3 is 0 Å². The van der Waals surface area contributed by atoms with E-state index in [2.05, 4.69) is 21.9 Å². The van der Waals surface area contributed by atoms with Crippen LogP contribution in [0.1, 0.15) is 6.42 Å². The maximum Gasteiger partial charge on any atom is 0.288 e. The van der Waals surface area contributed by atoms with E-state index in [4.69, 9.17) is 0 Å². The SMILES string of the molecule is O=C1C[C@H](N2CCN(c3ccccc3)CC2)C(=O)N1c1ccc(SC(F)F)cc1. The molecule has 4 rings (SSSR count). The molecule has 5 nitrogen and oxygen atoms in total. The summed E-state index contributed by atoms with van der Waals surface area (Å²) in [6, 6.07) is 15.8. The van der Waals surface area contributed by atoms with Gasteiger partial charge < -0.3 is 4.90 Å². The fourth-order valence-corrected chi connectivity index (χ4v) is 4.38. The summed E-state index contributed by atoms with van der Waals surface area (Å²) in [6.07, 6.45) is 0.151. The van der Waals surface area contributed by atoms with Crippen molar-refractivity contribution in [2.45, 2.75) is 23.1 Å². The Morgan fingerprint density at radius 2 is 1.52 bits per heavy atom. The summed E-state index contributed by atoms with van der Waals surface area (Å²) in [7, 11) is 0. The van der Waals surface area contributed by atoms with Crippen LogP contribution in [0, 0.1) is 0 Å². The minimum Gasteiger partial charge on any atom is -0.369 e. The van der Waals surface area contributed by atoms with E-state index in [0.29, 0.717) is 35.4 Å². The number of carbonyl (C=O) groups excluding carboxylic acids is 2. The van der Waals surface area contributed by atoms with Crippen LogP contribution in [0.25, 0.3) is 0 Å². The van der Waals surface area contributed by atoms with Crippen molar-refractivity contribution in [1.29, 1.82) is 0 Å². The molecule has 2 heterocycles. The molecule has 0 unspecified atom stereocenters. The summed E-state index contributed by atoms with van der Waals surface area (Å²) in [5.74, 6) is -2.99. The van der Waals surface area contributed by atoms with E-state index in [0.717, 1.165) is 18.8 Å². The topological polar surface area (TPSA) is 43.9 Å². The molecule has 2 aromatic rings. The van der Waals surface area contributed by atoms with Crippen LogP contribution in [0.15, 0.2) is 59.5 Å². The third-order valence-corrected chi connectivity index (χ3v) is 6.04. The normalized spacial score (nSPS) is 20.7. The highest BCUT2D eigenvalue weighted by atomic mass is 32.2. The number of imide groups is 1. The Kier molecular flexibility index (Phi) is 5.82. The molecule has 1 atom stereocenters. The molecular formula is C21H21F2N3O2S. The monoisotopic (exact) mass is 417 g/mol. The summed E-state index contributed by atoms with van der Waals surface area (Å²) >= 11 is 0.438. The number of para-hydroxylation sites is 1. The first-order chi connectivity index (χ1) is 14.0. The Balaban J connectivity index is 1.41.